The first-order chi connectivity index (χ1) is 31.8. The predicted molar refractivity (Wildman–Crippen MR) is 225 cm³/mol. The molecule has 2 aromatic heterocycles. The standard InChI is InChI=1S/2C23H20F2N4O4/c2*24-12-23(21(31)26-22(32)27-23)15-3-1-14(2-4-15)20(30)29-9-7-13(8-10-29)19-17-6-5-16(25)11-18(17)33-28-19/h2*1-6,11,13H,7-10,12H2,(H2,26,27,31,32)/t2*23-/m10/s1. The van der Waals surface area contributed by atoms with E-state index >= 15 is 0 Å². The molecule has 4 fully saturated rings. The highest BCUT2D eigenvalue weighted by Gasteiger charge is 2.49. The molecular formula is C46H40F4N8O8. The van der Waals surface area contributed by atoms with E-state index in [9.17, 15) is 46.3 Å². The number of nitrogens with one attached hydrogen (secondary N) is 4. The van der Waals surface area contributed by atoms with Crippen LogP contribution in [0.2, 0.25) is 0 Å². The molecule has 4 aromatic carbocycles. The van der Waals surface area contributed by atoms with E-state index in [0.717, 1.165) is 22.2 Å². The Kier molecular flexibility index (Phi) is 11.5. The van der Waals surface area contributed by atoms with Gasteiger partial charge in [-0.15, -0.1) is 0 Å². The zero-order valence-electron chi connectivity index (χ0n) is 34.9. The molecule has 4 aliphatic rings. The van der Waals surface area contributed by atoms with Crippen LogP contribution in [0.25, 0.3) is 21.9 Å². The molecule has 4 aliphatic heterocycles. The predicted octanol–water partition coefficient (Wildman–Crippen LogP) is 5.98. The molecule has 66 heavy (non-hydrogen) atoms. The number of urea groups is 2. The van der Waals surface area contributed by atoms with E-state index in [1.54, 1.807) is 21.9 Å². The monoisotopic (exact) mass is 908 g/mol. The second-order valence-corrected chi connectivity index (χ2v) is 16.6. The summed E-state index contributed by atoms with van der Waals surface area (Å²) in [4.78, 5) is 76.5. The summed E-state index contributed by atoms with van der Waals surface area (Å²) in [7, 11) is 0. The Morgan fingerprint density at radius 1 is 0.576 bits per heavy atom. The molecular weight excluding hydrogens is 869 g/mol. The fourth-order valence-corrected chi connectivity index (χ4v) is 9.05. The zero-order valence-corrected chi connectivity index (χ0v) is 34.9. The van der Waals surface area contributed by atoms with Crippen LogP contribution in [0.3, 0.4) is 0 Å². The molecule has 0 aliphatic carbocycles. The van der Waals surface area contributed by atoms with Crippen LogP contribution in [0.1, 0.15) is 80.7 Å². The molecule has 0 radical (unpaired) electrons. The van der Waals surface area contributed by atoms with Gasteiger partial charge in [-0.2, -0.15) is 0 Å². The first kappa shape index (κ1) is 43.6. The summed E-state index contributed by atoms with van der Waals surface area (Å²) in [5.41, 5.74) is 0.126. The Labute approximate surface area is 372 Å². The SMILES string of the molecule is O=C1NC(=O)[C@@](CF)(c2ccc(C(=O)N3CCC(c4noc5cc(F)ccc45)CC3)cc2)N1.O=C1NC(=O)[C@](CF)(c2ccc(C(=O)N3CCC(c4noc5cc(F)ccc45)CC3)cc2)N1. The van der Waals surface area contributed by atoms with Crippen molar-refractivity contribution in [1.82, 2.24) is 41.4 Å². The van der Waals surface area contributed by atoms with Crippen molar-refractivity contribution in [3.05, 3.63) is 130 Å². The lowest BCUT2D eigenvalue weighted by molar-refractivity contribution is -0.125. The fourth-order valence-electron chi connectivity index (χ4n) is 9.05. The summed E-state index contributed by atoms with van der Waals surface area (Å²) in [6.07, 6.45) is 2.72. The highest BCUT2D eigenvalue weighted by atomic mass is 19.1. The normalized spacial score (nSPS) is 21.3. The molecule has 0 spiro atoms. The minimum absolute atomic E-state index is 0.0945. The van der Waals surface area contributed by atoms with Gasteiger partial charge in [0.2, 0.25) is 0 Å². The zero-order chi connectivity index (χ0) is 46.3. The maximum Gasteiger partial charge on any atom is 0.322 e. The van der Waals surface area contributed by atoms with Crippen molar-refractivity contribution in [2.24, 2.45) is 0 Å². The second-order valence-electron chi connectivity index (χ2n) is 16.6. The molecule has 2 atom stereocenters. The summed E-state index contributed by atoms with van der Waals surface area (Å²) in [6, 6.07) is 19.2. The number of fused-ring (bicyclic) bond motifs is 2. The summed E-state index contributed by atoms with van der Waals surface area (Å²) < 4.78 is 64.7. The molecule has 10 rings (SSSR count). The summed E-state index contributed by atoms with van der Waals surface area (Å²) in [5, 5.41) is 18.5. The number of carbonyl (C=O) groups excluding carboxylic acids is 6. The van der Waals surface area contributed by atoms with Gasteiger partial charge in [0.05, 0.1) is 11.4 Å². The van der Waals surface area contributed by atoms with Crippen molar-refractivity contribution in [1.29, 1.82) is 0 Å². The number of carbonyl (C=O) groups is 6. The average molecular weight is 909 g/mol. The molecule has 4 saturated heterocycles. The van der Waals surface area contributed by atoms with Crippen LogP contribution in [0.15, 0.2) is 94.0 Å². The molecule has 4 N–H and O–H groups in total. The van der Waals surface area contributed by atoms with Crippen molar-refractivity contribution in [3.8, 4) is 0 Å². The number of aromatic nitrogens is 2. The van der Waals surface area contributed by atoms with Crippen molar-refractivity contribution >= 4 is 57.6 Å². The van der Waals surface area contributed by atoms with Crippen LogP contribution < -0.4 is 21.3 Å². The molecule has 8 amide bonds. The minimum Gasteiger partial charge on any atom is -0.356 e. The summed E-state index contributed by atoms with van der Waals surface area (Å²) in [6.45, 7) is -0.174. The van der Waals surface area contributed by atoms with Gasteiger partial charge in [0.15, 0.2) is 22.2 Å². The Morgan fingerprint density at radius 2 is 0.939 bits per heavy atom. The average Bonchev–Trinajstić information content (AvgIpc) is 4.11. The molecule has 0 saturated carbocycles. The van der Waals surface area contributed by atoms with Gasteiger partial charge >= 0.3 is 12.1 Å². The highest BCUT2D eigenvalue weighted by molar-refractivity contribution is 6.08. The van der Waals surface area contributed by atoms with E-state index in [1.165, 1.54) is 72.8 Å². The first-order valence-electron chi connectivity index (χ1n) is 21.1. The number of benzene rings is 4. The quantitative estimate of drug-likeness (QED) is 0.104. The van der Waals surface area contributed by atoms with E-state index in [4.69, 9.17) is 9.05 Å². The maximum atomic E-state index is 13.7. The number of likely N-dealkylation sites (tertiary alicyclic amines) is 2. The van der Waals surface area contributed by atoms with E-state index in [2.05, 4.69) is 20.9 Å². The molecule has 0 bridgehead atoms. The lowest BCUT2D eigenvalue weighted by atomic mass is 9.90. The van der Waals surface area contributed by atoms with Crippen LogP contribution in [-0.4, -0.2) is 95.3 Å². The summed E-state index contributed by atoms with van der Waals surface area (Å²) in [5.74, 6) is -2.47. The van der Waals surface area contributed by atoms with Crippen LogP contribution >= 0.6 is 0 Å². The van der Waals surface area contributed by atoms with Gasteiger partial charge in [-0.3, -0.25) is 29.8 Å². The Balaban J connectivity index is 0.000000166. The van der Waals surface area contributed by atoms with Gasteiger partial charge in [0.25, 0.3) is 23.6 Å². The topological polar surface area (TPSA) is 209 Å². The number of halogens is 4. The number of nitrogens with zero attached hydrogens (tertiary/aromatic N) is 4. The number of alkyl halides is 2. The number of hydrogen-bond donors (Lipinski definition) is 4. The van der Waals surface area contributed by atoms with Crippen molar-refractivity contribution < 1.29 is 55.4 Å². The minimum atomic E-state index is -1.78. The molecule has 6 heterocycles. The lowest BCUT2D eigenvalue weighted by Crippen LogP contribution is -2.46. The second kappa shape index (κ2) is 17.4. The van der Waals surface area contributed by atoms with Crippen molar-refractivity contribution in [2.45, 2.75) is 48.6 Å². The summed E-state index contributed by atoms with van der Waals surface area (Å²) >= 11 is 0. The van der Waals surface area contributed by atoms with Gasteiger partial charge in [0.1, 0.15) is 25.0 Å². The number of imide groups is 2. The first-order valence-corrected chi connectivity index (χ1v) is 21.1. The van der Waals surface area contributed by atoms with E-state index < -0.39 is 48.3 Å². The van der Waals surface area contributed by atoms with Gasteiger partial charge < -0.3 is 29.5 Å². The smallest absolute Gasteiger partial charge is 0.322 e. The molecule has 16 nitrogen and oxygen atoms in total. The largest absolute Gasteiger partial charge is 0.356 e. The Morgan fingerprint density at radius 3 is 1.26 bits per heavy atom. The third kappa shape index (κ3) is 7.85. The molecule has 20 heteroatoms. The van der Waals surface area contributed by atoms with Crippen LogP contribution in [0.5, 0.6) is 0 Å². The van der Waals surface area contributed by atoms with Gasteiger partial charge in [-0.1, -0.05) is 34.6 Å². The highest BCUT2D eigenvalue weighted by Crippen LogP contribution is 2.36. The van der Waals surface area contributed by atoms with E-state index in [1.807, 2.05) is 10.6 Å². The van der Waals surface area contributed by atoms with Crippen LogP contribution in [0, 0.1) is 11.6 Å². The third-order valence-corrected chi connectivity index (χ3v) is 12.8. The molecule has 6 aromatic rings. The van der Waals surface area contributed by atoms with E-state index in [-0.39, 0.29) is 46.4 Å². The maximum absolute atomic E-state index is 13.7. The van der Waals surface area contributed by atoms with Crippen molar-refractivity contribution in [2.75, 3.05) is 39.5 Å². The number of amides is 8. The Hall–Kier alpha value is -7.64. The van der Waals surface area contributed by atoms with Crippen LogP contribution in [0.4, 0.5) is 27.2 Å². The number of hydrogen-bond acceptors (Lipinski definition) is 10. The fraction of sp³-hybridized carbons (Fsp3) is 0.304. The van der Waals surface area contributed by atoms with E-state index in [0.29, 0.717) is 74.2 Å². The number of rotatable bonds is 8. The van der Waals surface area contributed by atoms with Gasteiger partial charge in [-0.05, 0) is 85.3 Å². The number of piperidine rings is 2. The van der Waals surface area contributed by atoms with Gasteiger partial charge in [0, 0.05) is 72.0 Å². The Bertz CT molecular complexity index is 2700. The lowest BCUT2D eigenvalue weighted by Gasteiger charge is -2.31. The molecule has 340 valence electrons. The third-order valence-electron chi connectivity index (χ3n) is 12.8. The van der Waals surface area contributed by atoms with Gasteiger partial charge in [-0.25, -0.2) is 27.2 Å². The van der Waals surface area contributed by atoms with Crippen LogP contribution in [-0.2, 0) is 20.7 Å². The molecule has 0 unspecified atom stereocenters. The van der Waals surface area contributed by atoms with Crippen molar-refractivity contribution in [3.63, 3.8) is 0 Å².